The third-order valence-electron chi connectivity index (χ3n) is 8.09. The van der Waals surface area contributed by atoms with E-state index in [1.54, 1.807) is 24.3 Å². The van der Waals surface area contributed by atoms with Crippen LogP contribution in [-0.4, -0.2) is 23.0 Å². The summed E-state index contributed by atoms with van der Waals surface area (Å²) in [5.74, 6) is -1.53. The number of rotatable bonds is 4. The van der Waals surface area contributed by atoms with Crippen LogP contribution in [0.3, 0.4) is 0 Å². The molecule has 3 aliphatic heterocycles. The number of nitriles is 2. The van der Waals surface area contributed by atoms with E-state index in [1.807, 2.05) is 55.5 Å². The highest BCUT2D eigenvalue weighted by Gasteiger charge is 2.73. The Morgan fingerprint density at radius 3 is 2.39 bits per heavy atom. The van der Waals surface area contributed by atoms with Crippen LogP contribution in [0.4, 0.5) is 5.69 Å². The quantitative estimate of drug-likeness (QED) is 0.491. The molecule has 3 heterocycles. The Morgan fingerprint density at radius 2 is 1.67 bits per heavy atom. The average Bonchev–Trinajstić information content (AvgIpc) is 3.48. The van der Waals surface area contributed by atoms with Gasteiger partial charge in [0.05, 0.1) is 52.0 Å². The minimum Gasteiger partial charge on any atom is -0.367 e. The molecule has 0 aliphatic carbocycles. The highest BCUT2D eigenvalue weighted by molar-refractivity contribution is 6.26. The molecule has 3 fully saturated rings. The maximum Gasteiger partial charge on any atom is 0.240 e. The van der Waals surface area contributed by atoms with Crippen LogP contribution in [0.2, 0.25) is 0 Å². The zero-order valence-electron chi connectivity index (χ0n) is 19.8. The second-order valence-electron chi connectivity index (χ2n) is 10.1. The monoisotopic (exact) mass is 473 g/mol. The van der Waals surface area contributed by atoms with Crippen molar-refractivity contribution in [2.45, 2.75) is 37.4 Å². The number of benzene rings is 3. The van der Waals surface area contributed by atoms with Crippen LogP contribution in [0.25, 0.3) is 16.8 Å². The van der Waals surface area contributed by atoms with Gasteiger partial charge >= 0.3 is 0 Å². The number of carbonyl (C=O) groups is 2. The van der Waals surface area contributed by atoms with Crippen molar-refractivity contribution in [1.29, 1.82) is 10.5 Å². The molecule has 0 N–H and O–H groups in total. The molecule has 6 nitrogen and oxygen atoms in total. The summed E-state index contributed by atoms with van der Waals surface area (Å²) in [6.45, 7) is 1.95. The zero-order valence-corrected chi connectivity index (χ0v) is 19.8. The third-order valence-corrected chi connectivity index (χ3v) is 8.09. The van der Waals surface area contributed by atoms with Crippen molar-refractivity contribution in [3.63, 3.8) is 0 Å². The van der Waals surface area contributed by atoms with Crippen LogP contribution in [0, 0.1) is 34.5 Å². The van der Waals surface area contributed by atoms with Crippen molar-refractivity contribution in [3.8, 4) is 12.1 Å². The molecule has 0 saturated carbocycles. The summed E-state index contributed by atoms with van der Waals surface area (Å²) < 4.78 is 6.53. The first-order valence-corrected chi connectivity index (χ1v) is 12.1. The molecule has 4 atom stereocenters. The molecule has 0 radical (unpaired) electrons. The van der Waals surface area contributed by atoms with Crippen LogP contribution in [0.1, 0.15) is 42.9 Å². The lowest BCUT2D eigenvalue weighted by atomic mass is 9.67. The summed E-state index contributed by atoms with van der Waals surface area (Å²) in [4.78, 5) is 29.1. The Balaban J connectivity index is 1.36. The van der Waals surface area contributed by atoms with Crippen molar-refractivity contribution in [2.75, 3.05) is 4.90 Å². The molecule has 3 aromatic rings. The molecular weight excluding hydrogens is 450 g/mol. The van der Waals surface area contributed by atoms with Crippen molar-refractivity contribution in [3.05, 3.63) is 83.4 Å². The van der Waals surface area contributed by atoms with E-state index >= 15 is 0 Å². The lowest BCUT2D eigenvalue weighted by molar-refractivity contribution is -0.130. The molecule has 3 aliphatic rings. The Morgan fingerprint density at radius 1 is 0.944 bits per heavy atom. The molecule has 2 amide bonds. The van der Waals surface area contributed by atoms with Gasteiger partial charge in [-0.2, -0.15) is 10.5 Å². The number of amides is 2. The topological polar surface area (TPSA) is 94.2 Å². The van der Waals surface area contributed by atoms with Gasteiger partial charge in [0.2, 0.25) is 11.8 Å². The first-order valence-electron chi connectivity index (χ1n) is 12.1. The summed E-state index contributed by atoms with van der Waals surface area (Å²) in [5.41, 5.74) is 1.18. The van der Waals surface area contributed by atoms with Gasteiger partial charge in [-0.3, -0.25) is 9.59 Å². The van der Waals surface area contributed by atoms with E-state index in [0.717, 1.165) is 17.4 Å². The zero-order chi connectivity index (χ0) is 25.1. The maximum atomic E-state index is 13.9. The molecule has 3 saturated heterocycles. The molecule has 6 heteroatoms. The van der Waals surface area contributed by atoms with E-state index in [4.69, 9.17) is 10.00 Å². The van der Waals surface area contributed by atoms with E-state index in [0.29, 0.717) is 35.0 Å². The SMILES string of the molecule is C[C@]12CC[C@](C/C=C/c3ccc(C#N)cc3)(O1)[C@@H]1C(=O)N(c3ccc(C#N)c4ccccc34)C(=O)[C@@H]12. The number of imide groups is 1. The molecule has 176 valence electrons. The standard InChI is InChI=1S/C30H23N3O3/c1-29-15-16-30(36-29,14-4-5-19-8-10-20(17-31)11-9-19)26-25(29)27(34)33(28(26)35)24-13-12-21(18-32)22-6-2-3-7-23(22)24/h2-13,25-26H,14-16H2,1H3/b5-4+/t25-,26+,29-,30+/m1/s1. The van der Waals surface area contributed by atoms with E-state index in [-0.39, 0.29) is 11.8 Å². The van der Waals surface area contributed by atoms with Crippen molar-refractivity contribution < 1.29 is 14.3 Å². The van der Waals surface area contributed by atoms with Gasteiger partial charge in [-0.05, 0) is 56.0 Å². The van der Waals surface area contributed by atoms with Crippen molar-refractivity contribution in [2.24, 2.45) is 11.8 Å². The molecule has 0 unspecified atom stereocenters. The van der Waals surface area contributed by atoms with Crippen LogP contribution in [0.5, 0.6) is 0 Å². The Labute approximate surface area is 209 Å². The van der Waals surface area contributed by atoms with Gasteiger partial charge in [-0.25, -0.2) is 4.90 Å². The Kier molecular flexibility index (Phi) is 4.86. The number of ether oxygens (including phenoxy) is 1. The van der Waals surface area contributed by atoms with Crippen LogP contribution in [-0.2, 0) is 14.3 Å². The van der Waals surface area contributed by atoms with E-state index < -0.39 is 23.0 Å². The van der Waals surface area contributed by atoms with Crippen molar-refractivity contribution in [1.82, 2.24) is 0 Å². The van der Waals surface area contributed by atoms with Gasteiger partial charge in [-0.15, -0.1) is 0 Å². The van der Waals surface area contributed by atoms with E-state index in [1.165, 1.54) is 4.90 Å². The Hall–Kier alpha value is -4.26. The fourth-order valence-corrected chi connectivity index (χ4v) is 6.43. The van der Waals surface area contributed by atoms with Gasteiger partial charge < -0.3 is 4.74 Å². The smallest absolute Gasteiger partial charge is 0.240 e. The largest absolute Gasteiger partial charge is 0.367 e. The predicted molar refractivity (Wildman–Crippen MR) is 134 cm³/mol. The second kappa shape index (κ2) is 7.88. The molecular formula is C30H23N3O3. The summed E-state index contributed by atoms with van der Waals surface area (Å²) in [6, 6.07) is 22.4. The first kappa shape index (κ1) is 22.2. The lowest BCUT2D eigenvalue weighted by Gasteiger charge is -2.30. The first-order chi connectivity index (χ1) is 17.4. The summed E-state index contributed by atoms with van der Waals surface area (Å²) in [6.07, 6.45) is 5.93. The fraction of sp³-hybridized carbons (Fsp3) is 0.267. The van der Waals surface area contributed by atoms with Gasteiger partial charge in [0.15, 0.2) is 0 Å². The number of carbonyl (C=O) groups excluding carboxylic acids is 2. The van der Waals surface area contributed by atoms with Gasteiger partial charge in [0, 0.05) is 10.8 Å². The third kappa shape index (κ3) is 3.05. The summed E-state index contributed by atoms with van der Waals surface area (Å²) >= 11 is 0. The molecule has 0 spiro atoms. The van der Waals surface area contributed by atoms with Gasteiger partial charge in [-0.1, -0.05) is 48.6 Å². The molecule has 36 heavy (non-hydrogen) atoms. The number of anilines is 1. The molecule has 2 bridgehead atoms. The molecule has 0 aromatic heterocycles. The van der Waals surface area contributed by atoms with Gasteiger partial charge in [0.25, 0.3) is 0 Å². The van der Waals surface area contributed by atoms with Crippen molar-refractivity contribution >= 4 is 34.4 Å². The summed E-state index contributed by atoms with van der Waals surface area (Å²) in [5, 5.41) is 20.0. The van der Waals surface area contributed by atoms with Crippen LogP contribution in [0.15, 0.2) is 66.7 Å². The highest BCUT2D eigenvalue weighted by atomic mass is 16.5. The molecule has 6 rings (SSSR count). The van der Waals surface area contributed by atoms with Crippen LogP contribution >= 0.6 is 0 Å². The van der Waals surface area contributed by atoms with Gasteiger partial charge in [0.1, 0.15) is 0 Å². The molecule has 3 aromatic carbocycles. The Bertz CT molecular complexity index is 1540. The number of nitrogens with zero attached hydrogens (tertiary/aromatic N) is 3. The fourth-order valence-electron chi connectivity index (χ4n) is 6.43. The lowest BCUT2D eigenvalue weighted by Crippen LogP contribution is -2.41. The highest BCUT2D eigenvalue weighted by Crippen LogP contribution is 2.62. The summed E-state index contributed by atoms with van der Waals surface area (Å²) in [7, 11) is 0. The second-order valence-corrected chi connectivity index (χ2v) is 10.1. The number of fused-ring (bicyclic) bond motifs is 6. The predicted octanol–water partition coefficient (Wildman–Crippen LogP) is 5.11. The van der Waals surface area contributed by atoms with E-state index in [9.17, 15) is 14.9 Å². The minimum absolute atomic E-state index is 0.222. The normalized spacial score (nSPS) is 28.6. The number of hydrogen-bond donors (Lipinski definition) is 0. The maximum absolute atomic E-state index is 13.9. The minimum atomic E-state index is -0.730. The average molecular weight is 474 g/mol. The number of hydrogen-bond acceptors (Lipinski definition) is 5. The van der Waals surface area contributed by atoms with Crippen LogP contribution < -0.4 is 4.90 Å². The van der Waals surface area contributed by atoms with E-state index in [2.05, 4.69) is 12.1 Å².